The number of ether oxygens (including phenoxy) is 1. The molecule has 0 saturated carbocycles. The number of carbonyl (C=O) groups is 1. The summed E-state index contributed by atoms with van der Waals surface area (Å²) >= 11 is 0. The summed E-state index contributed by atoms with van der Waals surface area (Å²) in [5, 5.41) is 2.93. The number of morpholine rings is 1. The minimum absolute atomic E-state index is 0.147. The number of hydrogen-bond donors (Lipinski definition) is 1. The first-order valence-electron chi connectivity index (χ1n) is 8.32. The summed E-state index contributed by atoms with van der Waals surface area (Å²) in [6.45, 7) is 7.92. The molecule has 128 valence electrons. The highest BCUT2D eigenvalue weighted by Crippen LogP contribution is 2.10. The monoisotopic (exact) mass is 321 g/mol. The van der Waals surface area contributed by atoms with Gasteiger partial charge in [-0.05, 0) is 6.42 Å². The highest BCUT2D eigenvalue weighted by Gasteiger charge is 2.13. The number of anilines is 1. The molecule has 2 rings (SSSR count). The molecule has 1 saturated heterocycles. The van der Waals surface area contributed by atoms with E-state index in [9.17, 15) is 4.79 Å². The van der Waals surface area contributed by atoms with E-state index in [2.05, 4.69) is 32.0 Å². The van der Waals surface area contributed by atoms with Gasteiger partial charge < -0.3 is 15.0 Å². The molecule has 1 aliphatic rings. The molecule has 1 aliphatic heterocycles. The smallest absolute Gasteiger partial charge is 0.270 e. The zero-order chi connectivity index (χ0) is 16.5. The molecule has 0 aliphatic carbocycles. The van der Waals surface area contributed by atoms with Crippen molar-refractivity contribution in [3.05, 3.63) is 18.1 Å². The number of aromatic nitrogens is 2. The van der Waals surface area contributed by atoms with Gasteiger partial charge in [0.05, 0.1) is 13.2 Å². The molecule has 1 N–H and O–H groups in total. The van der Waals surface area contributed by atoms with E-state index in [1.54, 1.807) is 6.07 Å². The Morgan fingerprint density at radius 1 is 1.39 bits per heavy atom. The Balaban J connectivity index is 1.81. The second-order valence-electron chi connectivity index (χ2n) is 5.75. The summed E-state index contributed by atoms with van der Waals surface area (Å²) < 4.78 is 5.31. The van der Waals surface area contributed by atoms with Crippen LogP contribution in [0.1, 0.15) is 30.3 Å². The Morgan fingerprint density at radius 2 is 2.17 bits per heavy atom. The van der Waals surface area contributed by atoms with Gasteiger partial charge in [0.15, 0.2) is 0 Å². The van der Waals surface area contributed by atoms with Crippen molar-refractivity contribution in [1.29, 1.82) is 0 Å². The third kappa shape index (κ3) is 5.76. The summed E-state index contributed by atoms with van der Waals surface area (Å²) in [5.74, 6) is 0.637. The predicted octanol–water partition coefficient (Wildman–Crippen LogP) is 0.775. The van der Waals surface area contributed by atoms with Crippen molar-refractivity contribution in [3.8, 4) is 0 Å². The van der Waals surface area contributed by atoms with Crippen LogP contribution in [0.3, 0.4) is 0 Å². The van der Waals surface area contributed by atoms with Gasteiger partial charge in [-0.25, -0.2) is 9.97 Å². The minimum atomic E-state index is -0.147. The summed E-state index contributed by atoms with van der Waals surface area (Å²) in [4.78, 5) is 24.9. The van der Waals surface area contributed by atoms with E-state index in [0.717, 1.165) is 58.1 Å². The van der Waals surface area contributed by atoms with Gasteiger partial charge in [0.2, 0.25) is 0 Å². The average molecular weight is 321 g/mol. The van der Waals surface area contributed by atoms with Crippen molar-refractivity contribution in [3.63, 3.8) is 0 Å². The molecule has 0 radical (unpaired) electrons. The fraction of sp³-hybridized carbons (Fsp3) is 0.688. The number of rotatable bonds is 8. The molecule has 0 atom stereocenters. The number of amides is 1. The van der Waals surface area contributed by atoms with E-state index in [4.69, 9.17) is 4.74 Å². The summed E-state index contributed by atoms with van der Waals surface area (Å²) in [5.41, 5.74) is 0.417. The maximum Gasteiger partial charge on any atom is 0.270 e. The maximum atomic E-state index is 12.2. The first-order valence-corrected chi connectivity index (χ1v) is 8.32. The van der Waals surface area contributed by atoms with Gasteiger partial charge >= 0.3 is 0 Å². The van der Waals surface area contributed by atoms with E-state index in [0.29, 0.717) is 12.2 Å². The minimum Gasteiger partial charge on any atom is -0.379 e. The molecule has 0 bridgehead atoms. The van der Waals surface area contributed by atoms with Crippen LogP contribution in [-0.4, -0.2) is 73.8 Å². The van der Waals surface area contributed by atoms with Crippen LogP contribution in [0.2, 0.25) is 0 Å². The fourth-order valence-corrected chi connectivity index (χ4v) is 2.43. The molecule has 1 aromatic heterocycles. The van der Waals surface area contributed by atoms with Gasteiger partial charge in [-0.1, -0.05) is 13.3 Å². The van der Waals surface area contributed by atoms with Crippen LogP contribution in [0.4, 0.5) is 5.82 Å². The van der Waals surface area contributed by atoms with Crippen molar-refractivity contribution in [2.75, 3.05) is 57.9 Å². The number of hydrogen-bond acceptors (Lipinski definition) is 6. The largest absolute Gasteiger partial charge is 0.379 e. The topological polar surface area (TPSA) is 70.6 Å². The van der Waals surface area contributed by atoms with Gasteiger partial charge in [-0.2, -0.15) is 0 Å². The van der Waals surface area contributed by atoms with E-state index < -0.39 is 0 Å². The highest BCUT2D eigenvalue weighted by atomic mass is 16.5. The quantitative estimate of drug-likeness (QED) is 0.763. The first-order chi connectivity index (χ1) is 11.2. The molecular formula is C16H27N5O2. The van der Waals surface area contributed by atoms with Crippen LogP contribution in [-0.2, 0) is 4.74 Å². The van der Waals surface area contributed by atoms with Crippen molar-refractivity contribution in [2.24, 2.45) is 0 Å². The zero-order valence-electron chi connectivity index (χ0n) is 14.1. The lowest BCUT2D eigenvalue weighted by atomic mass is 10.3. The van der Waals surface area contributed by atoms with Gasteiger partial charge in [0.25, 0.3) is 5.91 Å². The molecule has 0 aromatic carbocycles. The van der Waals surface area contributed by atoms with Crippen molar-refractivity contribution in [1.82, 2.24) is 20.2 Å². The van der Waals surface area contributed by atoms with E-state index >= 15 is 0 Å². The van der Waals surface area contributed by atoms with Gasteiger partial charge in [0, 0.05) is 45.8 Å². The lowest BCUT2D eigenvalue weighted by molar-refractivity contribution is 0.0383. The normalized spacial score (nSPS) is 15.4. The molecule has 23 heavy (non-hydrogen) atoms. The molecule has 0 spiro atoms. The average Bonchev–Trinajstić information content (AvgIpc) is 2.60. The molecule has 1 aromatic rings. The van der Waals surface area contributed by atoms with Crippen molar-refractivity contribution < 1.29 is 9.53 Å². The summed E-state index contributed by atoms with van der Waals surface area (Å²) in [7, 11) is 1.98. The molecule has 1 amide bonds. The Labute approximate surface area is 138 Å². The van der Waals surface area contributed by atoms with E-state index in [-0.39, 0.29) is 5.91 Å². The second kappa shape index (κ2) is 9.42. The number of nitrogens with zero attached hydrogens (tertiary/aromatic N) is 4. The van der Waals surface area contributed by atoms with Crippen molar-refractivity contribution >= 4 is 11.7 Å². The molecular weight excluding hydrogens is 294 g/mol. The third-order valence-electron chi connectivity index (χ3n) is 3.94. The van der Waals surface area contributed by atoms with Crippen LogP contribution < -0.4 is 10.2 Å². The molecule has 1 fully saturated rings. The fourth-order valence-electron chi connectivity index (χ4n) is 2.43. The summed E-state index contributed by atoms with van der Waals surface area (Å²) in [6, 6.07) is 1.75. The van der Waals surface area contributed by atoms with Gasteiger partial charge in [-0.3, -0.25) is 9.69 Å². The Morgan fingerprint density at radius 3 is 2.91 bits per heavy atom. The number of carbonyl (C=O) groups excluding carboxylic acids is 1. The zero-order valence-corrected chi connectivity index (χ0v) is 14.1. The first kappa shape index (κ1) is 17.6. The standard InChI is InChI=1S/C16H27N5O2/c1-3-4-6-20(2)15-12-14(18-13-19-15)16(22)17-5-7-21-8-10-23-11-9-21/h12-13H,3-11H2,1-2H3,(H,17,22). The molecule has 0 unspecified atom stereocenters. The van der Waals surface area contributed by atoms with Gasteiger partial charge in [-0.15, -0.1) is 0 Å². The van der Waals surface area contributed by atoms with Crippen LogP contribution >= 0.6 is 0 Å². The summed E-state index contributed by atoms with van der Waals surface area (Å²) in [6.07, 6.45) is 3.68. The van der Waals surface area contributed by atoms with Crippen LogP contribution in [0, 0.1) is 0 Å². The van der Waals surface area contributed by atoms with Gasteiger partial charge in [0.1, 0.15) is 17.8 Å². The number of nitrogens with one attached hydrogen (secondary N) is 1. The maximum absolute atomic E-state index is 12.2. The lowest BCUT2D eigenvalue weighted by Crippen LogP contribution is -2.41. The predicted molar refractivity (Wildman–Crippen MR) is 89.8 cm³/mol. The molecule has 7 nitrogen and oxygen atoms in total. The van der Waals surface area contributed by atoms with Crippen molar-refractivity contribution in [2.45, 2.75) is 19.8 Å². The SMILES string of the molecule is CCCCN(C)c1cc(C(=O)NCCN2CCOCC2)ncn1. The lowest BCUT2D eigenvalue weighted by Gasteiger charge is -2.26. The third-order valence-corrected chi connectivity index (χ3v) is 3.94. The van der Waals surface area contributed by atoms with Crippen LogP contribution in [0.15, 0.2) is 12.4 Å². The Bertz CT molecular complexity index is 491. The molecule has 2 heterocycles. The number of unbranched alkanes of at least 4 members (excludes halogenated alkanes) is 1. The van der Waals surface area contributed by atoms with E-state index in [1.165, 1.54) is 6.33 Å². The Hall–Kier alpha value is -1.73. The van der Waals surface area contributed by atoms with Crippen LogP contribution in [0.5, 0.6) is 0 Å². The second-order valence-corrected chi connectivity index (χ2v) is 5.75. The highest BCUT2D eigenvalue weighted by molar-refractivity contribution is 5.92. The Kier molecular flexibility index (Phi) is 7.22. The van der Waals surface area contributed by atoms with E-state index in [1.807, 2.05) is 7.05 Å². The molecule has 7 heteroatoms. The van der Waals surface area contributed by atoms with Crippen LogP contribution in [0.25, 0.3) is 0 Å².